The van der Waals surface area contributed by atoms with E-state index in [1.165, 1.54) is 0 Å². The fourth-order valence-electron chi connectivity index (χ4n) is 1.94. The third kappa shape index (κ3) is 5.72. The van der Waals surface area contributed by atoms with Gasteiger partial charge < -0.3 is 10.1 Å². The van der Waals surface area contributed by atoms with Crippen molar-refractivity contribution in [2.24, 2.45) is 0 Å². The Bertz CT molecular complexity index is 707. The van der Waals surface area contributed by atoms with Gasteiger partial charge in [-0.15, -0.1) is 0 Å². The van der Waals surface area contributed by atoms with E-state index in [1.54, 1.807) is 18.2 Å². The molecule has 0 aliphatic heterocycles. The number of hydrogen-bond donors (Lipinski definition) is 1. The van der Waals surface area contributed by atoms with Gasteiger partial charge in [0.25, 0.3) is 0 Å². The molecule has 0 unspecified atom stereocenters. The third-order valence-electron chi connectivity index (χ3n) is 3.10. The summed E-state index contributed by atoms with van der Waals surface area (Å²) in [4.78, 5) is 11.9. The van der Waals surface area contributed by atoms with Crippen LogP contribution in [0.15, 0.2) is 40.9 Å². The summed E-state index contributed by atoms with van der Waals surface area (Å²) in [6.07, 6.45) is 0.983. The molecular weight excluding hydrogens is 401 g/mol. The van der Waals surface area contributed by atoms with Crippen LogP contribution in [0, 0.1) is 6.92 Å². The van der Waals surface area contributed by atoms with E-state index in [4.69, 9.17) is 27.9 Å². The van der Waals surface area contributed by atoms with Crippen LogP contribution in [-0.4, -0.2) is 12.5 Å². The Kier molecular flexibility index (Phi) is 6.75. The summed E-state index contributed by atoms with van der Waals surface area (Å²) in [6, 6.07) is 10.9. The highest BCUT2D eigenvalue weighted by Gasteiger charge is 2.06. The van der Waals surface area contributed by atoms with Crippen LogP contribution in [0.25, 0.3) is 0 Å². The minimum Gasteiger partial charge on any atom is -0.492 e. The zero-order chi connectivity index (χ0) is 16.8. The maximum absolute atomic E-state index is 11.9. The molecule has 3 nitrogen and oxygen atoms in total. The Balaban J connectivity index is 1.75. The average Bonchev–Trinajstić information content (AvgIpc) is 2.49. The van der Waals surface area contributed by atoms with Gasteiger partial charge in [0.15, 0.2) is 0 Å². The second-order valence-electron chi connectivity index (χ2n) is 5.06. The van der Waals surface area contributed by atoms with Gasteiger partial charge in [0.2, 0.25) is 5.91 Å². The molecule has 0 heterocycles. The van der Waals surface area contributed by atoms with Gasteiger partial charge in [-0.1, -0.05) is 29.3 Å². The molecule has 0 saturated carbocycles. The number of aryl methyl sites for hydroxylation is 1. The number of benzene rings is 2. The van der Waals surface area contributed by atoms with Gasteiger partial charge in [-0.2, -0.15) is 0 Å². The summed E-state index contributed by atoms with van der Waals surface area (Å²) < 4.78 is 6.58. The van der Waals surface area contributed by atoms with E-state index in [1.807, 2.05) is 25.1 Å². The molecule has 0 fully saturated rings. The minimum absolute atomic E-state index is 0.0880. The number of anilines is 1. The van der Waals surface area contributed by atoms with E-state index in [0.717, 1.165) is 15.8 Å². The van der Waals surface area contributed by atoms with Crippen LogP contribution in [-0.2, 0) is 4.79 Å². The SMILES string of the molecule is Cc1ccc(OCCCC(=O)Nc2ccc(Cl)c(Cl)c2)c(Br)c1. The van der Waals surface area contributed by atoms with Gasteiger partial charge in [0.1, 0.15) is 5.75 Å². The second-order valence-corrected chi connectivity index (χ2v) is 6.73. The maximum Gasteiger partial charge on any atom is 0.224 e. The van der Waals surface area contributed by atoms with Gasteiger partial charge in [0, 0.05) is 12.1 Å². The molecule has 0 spiro atoms. The average molecular weight is 417 g/mol. The van der Waals surface area contributed by atoms with Crippen molar-refractivity contribution in [2.45, 2.75) is 19.8 Å². The molecule has 122 valence electrons. The molecule has 0 aromatic heterocycles. The summed E-state index contributed by atoms with van der Waals surface area (Å²) in [5.74, 6) is 0.690. The zero-order valence-electron chi connectivity index (χ0n) is 12.5. The Hall–Kier alpha value is -1.23. The Morgan fingerprint density at radius 3 is 2.65 bits per heavy atom. The molecule has 2 aromatic carbocycles. The first kappa shape index (κ1) is 18.1. The number of rotatable bonds is 6. The number of nitrogens with one attached hydrogen (secondary N) is 1. The minimum atomic E-state index is -0.0880. The Labute approximate surface area is 154 Å². The standard InChI is InChI=1S/C17H16BrCl2NO2/c1-11-4-7-16(13(18)9-11)23-8-2-3-17(22)21-12-5-6-14(19)15(20)10-12/h4-7,9-10H,2-3,8H2,1H3,(H,21,22). The van der Waals surface area contributed by atoms with Crippen LogP contribution in [0.5, 0.6) is 5.75 Å². The second kappa shape index (κ2) is 8.57. The first-order valence-electron chi connectivity index (χ1n) is 7.09. The topological polar surface area (TPSA) is 38.3 Å². The molecule has 23 heavy (non-hydrogen) atoms. The smallest absolute Gasteiger partial charge is 0.224 e. The van der Waals surface area contributed by atoms with Gasteiger partial charge in [-0.25, -0.2) is 0 Å². The molecule has 6 heteroatoms. The van der Waals surface area contributed by atoms with Crippen LogP contribution in [0.1, 0.15) is 18.4 Å². The first-order chi connectivity index (χ1) is 11.0. The maximum atomic E-state index is 11.9. The van der Waals surface area contributed by atoms with Gasteiger partial charge in [0.05, 0.1) is 21.1 Å². The molecule has 0 saturated heterocycles. The molecule has 0 bridgehead atoms. The Morgan fingerprint density at radius 1 is 1.17 bits per heavy atom. The van der Waals surface area contributed by atoms with Crippen LogP contribution < -0.4 is 10.1 Å². The highest BCUT2D eigenvalue weighted by atomic mass is 79.9. The predicted octanol–water partition coefficient (Wildman–Crippen LogP) is 5.86. The Morgan fingerprint density at radius 2 is 1.96 bits per heavy atom. The van der Waals surface area contributed by atoms with E-state index in [9.17, 15) is 4.79 Å². The van der Waals surface area contributed by atoms with Gasteiger partial charge >= 0.3 is 0 Å². The van der Waals surface area contributed by atoms with Crippen LogP contribution in [0.4, 0.5) is 5.69 Å². The monoisotopic (exact) mass is 415 g/mol. The molecule has 1 N–H and O–H groups in total. The van der Waals surface area contributed by atoms with Crippen LogP contribution >= 0.6 is 39.1 Å². The lowest BCUT2D eigenvalue weighted by Crippen LogP contribution is -2.12. The zero-order valence-corrected chi connectivity index (χ0v) is 15.6. The van der Waals surface area contributed by atoms with Crippen molar-refractivity contribution in [1.29, 1.82) is 0 Å². The van der Waals surface area contributed by atoms with E-state index < -0.39 is 0 Å². The fraction of sp³-hybridized carbons (Fsp3) is 0.235. The highest BCUT2D eigenvalue weighted by molar-refractivity contribution is 9.10. The van der Waals surface area contributed by atoms with Gasteiger partial charge in [-0.3, -0.25) is 4.79 Å². The largest absolute Gasteiger partial charge is 0.492 e. The van der Waals surface area contributed by atoms with Crippen molar-refractivity contribution in [1.82, 2.24) is 0 Å². The summed E-state index contributed by atoms with van der Waals surface area (Å²) in [5, 5.41) is 3.65. The van der Waals surface area contributed by atoms with E-state index in [2.05, 4.69) is 21.2 Å². The summed E-state index contributed by atoms with van der Waals surface area (Å²) in [6.45, 7) is 2.48. The van der Waals surface area contributed by atoms with Gasteiger partial charge in [-0.05, 0) is 65.2 Å². The van der Waals surface area contributed by atoms with E-state index in [-0.39, 0.29) is 5.91 Å². The highest BCUT2D eigenvalue weighted by Crippen LogP contribution is 2.26. The fourth-order valence-corrected chi connectivity index (χ4v) is 2.84. The van der Waals surface area contributed by atoms with Crippen molar-refractivity contribution in [3.63, 3.8) is 0 Å². The number of amides is 1. The lowest BCUT2D eigenvalue weighted by molar-refractivity contribution is -0.116. The molecule has 2 aromatic rings. The lowest BCUT2D eigenvalue weighted by atomic mass is 10.2. The quantitative estimate of drug-likeness (QED) is 0.598. The summed E-state index contributed by atoms with van der Waals surface area (Å²) in [5.41, 5.74) is 1.79. The molecule has 1 amide bonds. The summed E-state index contributed by atoms with van der Waals surface area (Å²) in [7, 11) is 0. The molecule has 0 aliphatic carbocycles. The van der Waals surface area contributed by atoms with Crippen molar-refractivity contribution in [3.8, 4) is 5.75 Å². The summed E-state index contributed by atoms with van der Waals surface area (Å²) >= 11 is 15.2. The van der Waals surface area contributed by atoms with Crippen LogP contribution in [0.3, 0.4) is 0 Å². The first-order valence-corrected chi connectivity index (χ1v) is 8.64. The lowest BCUT2D eigenvalue weighted by Gasteiger charge is -2.09. The van der Waals surface area contributed by atoms with Crippen molar-refractivity contribution < 1.29 is 9.53 Å². The molecule has 2 rings (SSSR count). The molecular formula is C17H16BrCl2NO2. The van der Waals surface area contributed by atoms with E-state index in [0.29, 0.717) is 35.2 Å². The normalized spacial score (nSPS) is 10.4. The predicted molar refractivity (Wildman–Crippen MR) is 98.7 cm³/mol. The molecule has 0 radical (unpaired) electrons. The third-order valence-corrected chi connectivity index (χ3v) is 4.46. The van der Waals surface area contributed by atoms with Crippen molar-refractivity contribution >= 4 is 50.7 Å². The number of carbonyl (C=O) groups excluding carboxylic acids is 1. The van der Waals surface area contributed by atoms with E-state index >= 15 is 0 Å². The molecule has 0 aliphatic rings. The number of halogens is 3. The number of carbonyl (C=O) groups is 1. The molecule has 0 atom stereocenters. The van der Waals surface area contributed by atoms with Crippen molar-refractivity contribution in [2.75, 3.05) is 11.9 Å². The van der Waals surface area contributed by atoms with Crippen molar-refractivity contribution in [3.05, 3.63) is 56.5 Å². The number of ether oxygens (including phenoxy) is 1. The number of hydrogen-bond acceptors (Lipinski definition) is 2. The van der Waals surface area contributed by atoms with Crippen LogP contribution in [0.2, 0.25) is 10.0 Å².